The molecule has 0 aromatic rings. The Morgan fingerprint density at radius 1 is 1.50 bits per heavy atom. The summed E-state index contributed by atoms with van der Waals surface area (Å²) >= 11 is 1.39. The average Bonchev–Trinajstić information content (AvgIpc) is 2.04. The van der Waals surface area contributed by atoms with Gasteiger partial charge in [0.1, 0.15) is 0 Å². The molecule has 0 aliphatic carbocycles. The molecular formula is C6H11NO4S. The summed E-state index contributed by atoms with van der Waals surface area (Å²) in [5, 5.41) is 2.37. The molecule has 0 rings (SSSR count). The summed E-state index contributed by atoms with van der Waals surface area (Å²) in [6.45, 7) is -0.147. The normalized spacial score (nSPS) is 8.83. The Labute approximate surface area is 74.8 Å². The lowest BCUT2D eigenvalue weighted by Gasteiger charge is -2.03. The highest BCUT2D eigenvalue weighted by Gasteiger charge is 2.01. The van der Waals surface area contributed by atoms with E-state index in [2.05, 4.69) is 14.8 Å². The van der Waals surface area contributed by atoms with E-state index in [-0.39, 0.29) is 12.6 Å². The van der Waals surface area contributed by atoms with E-state index in [0.717, 1.165) is 0 Å². The predicted molar refractivity (Wildman–Crippen MR) is 44.9 cm³/mol. The lowest BCUT2D eigenvalue weighted by atomic mass is 10.7. The molecule has 0 unspecified atom stereocenters. The van der Waals surface area contributed by atoms with Gasteiger partial charge in [-0.05, 0) is 6.26 Å². The zero-order valence-electron chi connectivity index (χ0n) is 6.96. The summed E-state index contributed by atoms with van der Waals surface area (Å²) in [6.07, 6.45) is 1.00. The third kappa shape index (κ3) is 5.84. The highest BCUT2D eigenvalue weighted by molar-refractivity contribution is 7.99. The Hall–Kier alpha value is -0.910. The third-order valence-corrected chi connectivity index (χ3v) is 1.45. The van der Waals surface area contributed by atoms with Crippen molar-refractivity contribution >= 4 is 23.8 Å². The van der Waals surface area contributed by atoms with Crippen LogP contribution >= 0.6 is 11.8 Å². The van der Waals surface area contributed by atoms with Crippen molar-refractivity contribution in [3.05, 3.63) is 0 Å². The molecule has 0 saturated heterocycles. The van der Waals surface area contributed by atoms with Crippen LogP contribution in [0.5, 0.6) is 0 Å². The summed E-state index contributed by atoms with van der Waals surface area (Å²) in [4.78, 5) is 21.1. The molecule has 70 valence electrons. The molecule has 5 nitrogen and oxygen atoms in total. The molecule has 0 aromatic heterocycles. The number of rotatable bonds is 4. The molecule has 12 heavy (non-hydrogen) atoms. The van der Waals surface area contributed by atoms with Crippen molar-refractivity contribution in [1.29, 1.82) is 0 Å². The van der Waals surface area contributed by atoms with Crippen molar-refractivity contribution in [3.63, 3.8) is 0 Å². The van der Waals surface area contributed by atoms with Crippen molar-refractivity contribution in [3.8, 4) is 0 Å². The van der Waals surface area contributed by atoms with Crippen molar-refractivity contribution in [1.82, 2.24) is 5.32 Å². The van der Waals surface area contributed by atoms with E-state index < -0.39 is 6.16 Å². The second kappa shape index (κ2) is 6.78. The first-order chi connectivity index (χ1) is 5.70. The van der Waals surface area contributed by atoms with Gasteiger partial charge in [-0.1, -0.05) is 0 Å². The fourth-order valence-electron chi connectivity index (χ4n) is 0.417. The van der Waals surface area contributed by atoms with E-state index in [1.165, 1.54) is 18.9 Å². The fourth-order valence-corrected chi connectivity index (χ4v) is 0.781. The van der Waals surface area contributed by atoms with Gasteiger partial charge in [-0.3, -0.25) is 4.79 Å². The Balaban J connectivity index is 3.30. The van der Waals surface area contributed by atoms with E-state index in [1.807, 2.05) is 0 Å². The molecule has 0 aliphatic heterocycles. The molecule has 0 radical (unpaired) electrons. The molecule has 0 atom stereocenters. The SMILES string of the molecule is COC(=O)OCNC(=O)CSC. The molecule has 0 fully saturated rings. The molecule has 0 aliphatic rings. The molecule has 1 amide bonds. The maximum Gasteiger partial charge on any atom is 0.509 e. The Morgan fingerprint density at radius 2 is 2.17 bits per heavy atom. The number of hydrogen-bond donors (Lipinski definition) is 1. The number of carbonyl (C=O) groups is 2. The summed E-state index contributed by atoms with van der Waals surface area (Å²) in [5.41, 5.74) is 0. The summed E-state index contributed by atoms with van der Waals surface area (Å²) in [7, 11) is 1.20. The number of thioether (sulfide) groups is 1. The van der Waals surface area contributed by atoms with E-state index in [4.69, 9.17) is 0 Å². The standard InChI is InChI=1S/C6H11NO4S/c1-10-6(9)11-4-7-5(8)3-12-2/h3-4H2,1-2H3,(H,7,8). The van der Waals surface area contributed by atoms with Crippen LogP contribution in [0.15, 0.2) is 0 Å². The molecule has 0 spiro atoms. The van der Waals surface area contributed by atoms with Crippen LogP contribution in [0.2, 0.25) is 0 Å². The average molecular weight is 193 g/mol. The van der Waals surface area contributed by atoms with Gasteiger partial charge in [0, 0.05) is 0 Å². The highest BCUT2D eigenvalue weighted by Crippen LogP contribution is 1.89. The van der Waals surface area contributed by atoms with Gasteiger partial charge in [-0.2, -0.15) is 11.8 Å². The van der Waals surface area contributed by atoms with Crippen molar-refractivity contribution in [2.45, 2.75) is 0 Å². The fraction of sp³-hybridized carbons (Fsp3) is 0.667. The number of amides is 1. The van der Waals surface area contributed by atoms with Gasteiger partial charge >= 0.3 is 6.16 Å². The molecule has 1 N–H and O–H groups in total. The third-order valence-electron chi connectivity index (χ3n) is 0.901. The van der Waals surface area contributed by atoms with Crippen LogP contribution in [0.25, 0.3) is 0 Å². The lowest BCUT2D eigenvalue weighted by Crippen LogP contribution is -2.28. The first-order valence-corrected chi connectivity index (χ1v) is 4.56. The smallest absolute Gasteiger partial charge is 0.438 e. The van der Waals surface area contributed by atoms with Crippen LogP contribution in [0, 0.1) is 0 Å². The molecule has 0 aromatic carbocycles. The molecule has 0 bridgehead atoms. The zero-order valence-corrected chi connectivity index (χ0v) is 7.77. The minimum absolute atomic E-state index is 0.147. The maximum atomic E-state index is 10.7. The van der Waals surface area contributed by atoms with E-state index in [1.54, 1.807) is 6.26 Å². The highest BCUT2D eigenvalue weighted by atomic mass is 32.2. The van der Waals surface area contributed by atoms with E-state index >= 15 is 0 Å². The molecule has 6 heteroatoms. The number of ether oxygens (including phenoxy) is 2. The maximum absolute atomic E-state index is 10.7. The van der Waals surface area contributed by atoms with Crippen LogP contribution in [0.1, 0.15) is 0 Å². The van der Waals surface area contributed by atoms with E-state index in [9.17, 15) is 9.59 Å². The molecule has 0 heterocycles. The van der Waals surface area contributed by atoms with Crippen molar-refractivity contribution in [2.75, 3.05) is 25.8 Å². The van der Waals surface area contributed by atoms with Crippen LogP contribution in [-0.4, -0.2) is 37.9 Å². The zero-order chi connectivity index (χ0) is 9.40. The van der Waals surface area contributed by atoms with Gasteiger partial charge in [0.2, 0.25) is 5.91 Å². The van der Waals surface area contributed by atoms with E-state index in [0.29, 0.717) is 5.75 Å². The van der Waals surface area contributed by atoms with Crippen LogP contribution in [-0.2, 0) is 14.3 Å². The second-order valence-electron chi connectivity index (χ2n) is 1.78. The van der Waals surface area contributed by atoms with Crippen LogP contribution in [0.3, 0.4) is 0 Å². The topological polar surface area (TPSA) is 64.6 Å². The van der Waals surface area contributed by atoms with Gasteiger partial charge in [0.25, 0.3) is 0 Å². The lowest BCUT2D eigenvalue weighted by molar-refractivity contribution is -0.119. The Bertz CT molecular complexity index is 162. The van der Waals surface area contributed by atoms with Gasteiger partial charge in [0.15, 0.2) is 6.73 Å². The first kappa shape index (κ1) is 11.1. The van der Waals surface area contributed by atoms with Crippen molar-refractivity contribution < 1.29 is 19.1 Å². The Kier molecular flexibility index (Phi) is 6.26. The Morgan fingerprint density at radius 3 is 2.67 bits per heavy atom. The van der Waals surface area contributed by atoms with Gasteiger partial charge in [-0.15, -0.1) is 0 Å². The van der Waals surface area contributed by atoms with Crippen LogP contribution in [0.4, 0.5) is 4.79 Å². The molecular weight excluding hydrogens is 182 g/mol. The quantitative estimate of drug-likeness (QED) is 0.510. The van der Waals surface area contributed by atoms with Crippen LogP contribution < -0.4 is 5.32 Å². The largest absolute Gasteiger partial charge is 0.509 e. The van der Waals surface area contributed by atoms with Crippen molar-refractivity contribution in [2.24, 2.45) is 0 Å². The van der Waals surface area contributed by atoms with Gasteiger partial charge in [0.05, 0.1) is 12.9 Å². The minimum atomic E-state index is -0.806. The first-order valence-electron chi connectivity index (χ1n) is 3.17. The van der Waals surface area contributed by atoms with Gasteiger partial charge in [-0.25, -0.2) is 4.79 Å². The monoisotopic (exact) mass is 193 g/mol. The van der Waals surface area contributed by atoms with Gasteiger partial charge < -0.3 is 14.8 Å². The summed E-state index contributed by atoms with van der Waals surface area (Å²) < 4.78 is 8.58. The number of methoxy groups -OCH3 is 1. The summed E-state index contributed by atoms with van der Waals surface area (Å²) in [6, 6.07) is 0. The number of hydrogen-bond acceptors (Lipinski definition) is 5. The second-order valence-corrected chi connectivity index (χ2v) is 2.64. The number of nitrogens with one attached hydrogen (secondary N) is 1. The number of carbonyl (C=O) groups excluding carboxylic acids is 2. The minimum Gasteiger partial charge on any atom is -0.438 e. The summed E-state index contributed by atoms with van der Waals surface area (Å²) in [5.74, 6) is 0.177. The predicted octanol–water partition coefficient (Wildman–Crippen LogP) is 0.206. The molecule has 0 saturated carbocycles.